The lowest BCUT2D eigenvalue weighted by molar-refractivity contribution is 0.127. The van der Waals surface area contributed by atoms with Crippen LogP contribution >= 0.6 is 11.6 Å². The molecule has 16 heavy (non-hydrogen) atoms. The number of halogens is 1. The van der Waals surface area contributed by atoms with Gasteiger partial charge in [-0.3, -0.25) is 4.90 Å². The molecule has 0 saturated carbocycles. The van der Waals surface area contributed by atoms with Gasteiger partial charge in [-0.2, -0.15) is 0 Å². The van der Waals surface area contributed by atoms with Gasteiger partial charge in [0.15, 0.2) is 0 Å². The Balaban J connectivity index is 2.52. The van der Waals surface area contributed by atoms with Crippen LogP contribution in [-0.4, -0.2) is 43.4 Å². The standard InChI is InChI=1S/C12H18ClNO2/c1-16-8-6-14(5-7-15)10-11-3-2-4-12(13)9-11/h2-4,9,15H,5-8,10H2,1H3. The highest BCUT2D eigenvalue weighted by molar-refractivity contribution is 6.30. The molecule has 0 amide bonds. The van der Waals surface area contributed by atoms with Crippen molar-refractivity contribution in [2.75, 3.05) is 33.4 Å². The van der Waals surface area contributed by atoms with Gasteiger partial charge in [0, 0.05) is 31.8 Å². The average Bonchev–Trinajstić information content (AvgIpc) is 2.26. The van der Waals surface area contributed by atoms with Crippen LogP contribution in [-0.2, 0) is 11.3 Å². The summed E-state index contributed by atoms with van der Waals surface area (Å²) in [4.78, 5) is 2.13. The largest absolute Gasteiger partial charge is 0.395 e. The Morgan fingerprint density at radius 1 is 1.38 bits per heavy atom. The van der Waals surface area contributed by atoms with Gasteiger partial charge in [-0.05, 0) is 17.7 Å². The highest BCUT2D eigenvalue weighted by atomic mass is 35.5. The van der Waals surface area contributed by atoms with Crippen LogP contribution in [0.25, 0.3) is 0 Å². The molecule has 0 aromatic heterocycles. The van der Waals surface area contributed by atoms with E-state index in [2.05, 4.69) is 4.90 Å². The fourth-order valence-electron chi connectivity index (χ4n) is 1.53. The maximum absolute atomic E-state index is 8.96. The minimum Gasteiger partial charge on any atom is -0.395 e. The van der Waals surface area contributed by atoms with E-state index >= 15 is 0 Å². The summed E-state index contributed by atoms with van der Waals surface area (Å²) in [5.41, 5.74) is 1.15. The molecule has 0 aliphatic rings. The number of aliphatic hydroxyl groups excluding tert-OH is 1. The molecule has 1 aromatic carbocycles. The van der Waals surface area contributed by atoms with E-state index in [4.69, 9.17) is 21.4 Å². The predicted octanol–water partition coefficient (Wildman–Crippen LogP) is 1.78. The molecule has 1 N–H and O–H groups in total. The average molecular weight is 244 g/mol. The third kappa shape index (κ3) is 4.94. The first-order chi connectivity index (χ1) is 7.76. The van der Waals surface area contributed by atoms with Crippen LogP contribution in [0.4, 0.5) is 0 Å². The number of aliphatic hydroxyl groups is 1. The molecule has 0 heterocycles. The fraction of sp³-hybridized carbons (Fsp3) is 0.500. The zero-order valence-corrected chi connectivity index (χ0v) is 10.3. The summed E-state index contributed by atoms with van der Waals surface area (Å²) in [5.74, 6) is 0. The first-order valence-corrected chi connectivity index (χ1v) is 5.70. The van der Waals surface area contributed by atoms with E-state index in [0.717, 1.165) is 23.7 Å². The molecule has 0 atom stereocenters. The van der Waals surface area contributed by atoms with Crippen LogP contribution in [0, 0.1) is 0 Å². The van der Waals surface area contributed by atoms with Crippen molar-refractivity contribution in [2.24, 2.45) is 0 Å². The van der Waals surface area contributed by atoms with Gasteiger partial charge >= 0.3 is 0 Å². The first kappa shape index (κ1) is 13.5. The Kier molecular flexibility index (Phi) is 6.42. The minimum atomic E-state index is 0.157. The van der Waals surface area contributed by atoms with E-state index in [-0.39, 0.29) is 6.61 Å². The van der Waals surface area contributed by atoms with Crippen molar-refractivity contribution in [1.82, 2.24) is 4.90 Å². The number of rotatable bonds is 7. The first-order valence-electron chi connectivity index (χ1n) is 5.33. The number of hydrogen-bond donors (Lipinski definition) is 1. The summed E-state index contributed by atoms with van der Waals surface area (Å²) in [7, 11) is 1.68. The van der Waals surface area contributed by atoms with Gasteiger partial charge in [-0.15, -0.1) is 0 Å². The SMILES string of the molecule is COCCN(CCO)Cc1cccc(Cl)c1. The second-order valence-corrected chi connectivity index (χ2v) is 4.06. The lowest BCUT2D eigenvalue weighted by Crippen LogP contribution is -2.29. The molecule has 0 aliphatic carbocycles. The predicted molar refractivity (Wildman–Crippen MR) is 65.7 cm³/mol. The molecular formula is C12H18ClNO2. The summed E-state index contributed by atoms with van der Waals surface area (Å²) < 4.78 is 5.03. The summed E-state index contributed by atoms with van der Waals surface area (Å²) in [5, 5.41) is 9.70. The number of benzene rings is 1. The Morgan fingerprint density at radius 2 is 2.19 bits per heavy atom. The molecule has 1 rings (SSSR count). The van der Waals surface area contributed by atoms with Crippen molar-refractivity contribution in [1.29, 1.82) is 0 Å². The van der Waals surface area contributed by atoms with Crippen molar-refractivity contribution >= 4 is 11.6 Å². The minimum absolute atomic E-state index is 0.157. The molecule has 0 saturated heterocycles. The van der Waals surface area contributed by atoms with Crippen LogP contribution in [0.1, 0.15) is 5.56 Å². The number of nitrogens with zero attached hydrogens (tertiary/aromatic N) is 1. The summed E-state index contributed by atoms with van der Waals surface area (Å²) in [6, 6.07) is 7.77. The van der Waals surface area contributed by atoms with Gasteiger partial charge in [0.25, 0.3) is 0 Å². The molecule has 0 radical (unpaired) electrons. The molecular weight excluding hydrogens is 226 g/mol. The lowest BCUT2D eigenvalue weighted by atomic mass is 10.2. The van der Waals surface area contributed by atoms with E-state index in [1.54, 1.807) is 7.11 Å². The Morgan fingerprint density at radius 3 is 2.81 bits per heavy atom. The van der Waals surface area contributed by atoms with Gasteiger partial charge < -0.3 is 9.84 Å². The summed E-state index contributed by atoms with van der Waals surface area (Å²) >= 11 is 5.92. The molecule has 0 unspecified atom stereocenters. The van der Waals surface area contributed by atoms with Gasteiger partial charge in [0.1, 0.15) is 0 Å². The van der Waals surface area contributed by atoms with E-state index in [1.165, 1.54) is 0 Å². The van der Waals surface area contributed by atoms with E-state index < -0.39 is 0 Å². The number of hydrogen-bond acceptors (Lipinski definition) is 3. The molecule has 0 spiro atoms. The van der Waals surface area contributed by atoms with E-state index in [0.29, 0.717) is 13.2 Å². The molecule has 4 heteroatoms. The van der Waals surface area contributed by atoms with Gasteiger partial charge in [0.05, 0.1) is 13.2 Å². The smallest absolute Gasteiger partial charge is 0.0589 e. The molecule has 0 bridgehead atoms. The maximum atomic E-state index is 8.96. The topological polar surface area (TPSA) is 32.7 Å². The second-order valence-electron chi connectivity index (χ2n) is 3.62. The highest BCUT2D eigenvalue weighted by Gasteiger charge is 2.05. The van der Waals surface area contributed by atoms with Crippen molar-refractivity contribution in [2.45, 2.75) is 6.54 Å². The van der Waals surface area contributed by atoms with Crippen LogP contribution in [0.5, 0.6) is 0 Å². The fourth-order valence-corrected chi connectivity index (χ4v) is 1.74. The third-order valence-electron chi connectivity index (χ3n) is 2.32. The monoisotopic (exact) mass is 243 g/mol. The van der Waals surface area contributed by atoms with Crippen LogP contribution < -0.4 is 0 Å². The van der Waals surface area contributed by atoms with Crippen molar-refractivity contribution in [3.05, 3.63) is 34.9 Å². The number of methoxy groups -OCH3 is 1. The summed E-state index contributed by atoms with van der Waals surface area (Å²) in [6.07, 6.45) is 0. The summed E-state index contributed by atoms with van der Waals surface area (Å²) in [6.45, 7) is 3.06. The van der Waals surface area contributed by atoms with Gasteiger partial charge in [-0.1, -0.05) is 23.7 Å². The van der Waals surface area contributed by atoms with E-state index in [9.17, 15) is 0 Å². The molecule has 90 valence electrons. The van der Waals surface area contributed by atoms with Crippen molar-refractivity contribution < 1.29 is 9.84 Å². The van der Waals surface area contributed by atoms with Crippen molar-refractivity contribution in [3.8, 4) is 0 Å². The second kappa shape index (κ2) is 7.63. The maximum Gasteiger partial charge on any atom is 0.0589 e. The third-order valence-corrected chi connectivity index (χ3v) is 2.56. The molecule has 1 aromatic rings. The molecule has 0 fully saturated rings. The zero-order valence-electron chi connectivity index (χ0n) is 9.53. The van der Waals surface area contributed by atoms with Crippen LogP contribution in [0.15, 0.2) is 24.3 Å². The van der Waals surface area contributed by atoms with Crippen molar-refractivity contribution in [3.63, 3.8) is 0 Å². The van der Waals surface area contributed by atoms with Crippen LogP contribution in [0.3, 0.4) is 0 Å². The lowest BCUT2D eigenvalue weighted by Gasteiger charge is -2.20. The highest BCUT2D eigenvalue weighted by Crippen LogP contribution is 2.12. The van der Waals surface area contributed by atoms with Crippen LogP contribution in [0.2, 0.25) is 5.02 Å². The normalized spacial score (nSPS) is 11.0. The van der Waals surface area contributed by atoms with Gasteiger partial charge in [0.2, 0.25) is 0 Å². The molecule has 3 nitrogen and oxygen atoms in total. The van der Waals surface area contributed by atoms with Gasteiger partial charge in [-0.25, -0.2) is 0 Å². The zero-order chi connectivity index (χ0) is 11.8. The Labute approximate surface area is 102 Å². The Bertz CT molecular complexity index is 307. The molecule has 0 aliphatic heterocycles. The number of ether oxygens (including phenoxy) is 1. The Hall–Kier alpha value is -0.610. The van der Waals surface area contributed by atoms with E-state index in [1.807, 2.05) is 24.3 Å². The quantitative estimate of drug-likeness (QED) is 0.793.